The minimum atomic E-state index is -0.367. The second kappa shape index (κ2) is 4.50. The molecule has 3 N–H and O–H groups in total. The zero-order chi connectivity index (χ0) is 12.4. The predicted octanol–water partition coefficient (Wildman–Crippen LogP) is 0.00112. The Balaban J connectivity index is 2.11. The molecule has 1 amide bonds. The van der Waals surface area contributed by atoms with E-state index in [4.69, 9.17) is 5.73 Å². The third kappa shape index (κ3) is 2.59. The average molecular weight is 233 g/mol. The number of aryl methyl sites for hydroxylation is 1. The predicted molar refractivity (Wildman–Crippen MR) is 63.2 cm³/mol. The lowest BCUT2D eigenvalue weighted by molar-refractivity contribution is -0.119. The number of fused-ring (bicyclic) bond motifs is 1. The van der Waals surface area contributed by atoms with Crippen LogP contribution < -0.4 is 11.1 Å². The third-order valence-corrected chi connectivity index (χ3v) is 2.53. The zero-order valence-corrected chi connectivity index (χ0v) is 9.84. The highest BCUT2D eigenvalue weighted by Crippen LogP contribution is 2.04. The number of carbonyl (C=O) groups excluding carboxylic acids is 1. The van der Waals surface area contributed by atoms with E-state index in [9.17, 15) is 4.79 Å². The molecule has 6 nitrogen and oxygen atoms in total. The van der Waals surface area contributed by atoms with Gasteiger partial charge in [0.25, 0.3) is 0 Å². The molecule has 17 heavy (non-hydrogen) atoms. The first-order valence-electron chi connectivity index (χ1n) is 5.40. The van der Waals surface area contributed by atoms with E-state index in [2.05, 4.69) is 15.4 Å². The largest absolute Gasteiger partial charge is 0.368 e. The Kier molecular flexibility index (Phi) is 3.06. The standard InChI is InChI=1S/C11H15N5O/c1-7-3-10-14-5-9(6-16(10)15-7)4-13-8(2)11(12)17/h3,5-6,8,13H,4H2,1-2H3,(H2,12,17). The number of hydrogen-bond donors (Lipinski definition) is 2. The van der Waals surface area contributed by atoms with E-state index in [1.54, 1.807) is 17.6 Å². The van der Waals surface area contributed by atoms with Gasteiger partial charge in [0.15, 0.2) is 5.65 Å². The molecule has 0 aliphatic carbocycles. The summed E-state index contributed by atoms with van der Waals surface area (Å²) in [6, 6.07) is 1.55. The van der Waals surface area contributed by atoms with Crippen molar-refractivity contribution >= 4 is 11.6 Å². The Labute approximate surface area is 98.8 Å². The van der Waals surface area contributed by atoms with Gasteiger partial charge in [-0.15, -0.1) is 0 Å². The topological polar surface area (TPSA) is 85.3 Å². The first-order valence-corrected chi connectivity index (χ1v) is 5.40. The quantitative estimate of drug-likeness (QED) is 0.778. The molecule has 1 atom stereocenters. The summed E-state index contributed by atoms with van der Waals surface area (Å²) in [5, 5.41) is 7.28. The van der Waals surface area contributed by atoms with Crippen molar-refractivity contribution in [2.45, 2.75) is 26.4 Å². The van der Waals surface area contributed by atoms with Crippen LogP contribution in [-0.2, 0) is 11.3 Å². The van der Waals surface area contributed by atoms with Gasteiger partial charge in [-0.05, 0) is 13.8 Å². The molecule has 2 rings (SSSR count). The van der Waals surface area contributed by atoms with Gasteiger partial charge in [0.2, 0.25) is 5.91 Å². The summed E-state index contributed by atoms with van der Waals surface area (Å²) in [4.78, 5) is 15.1. The molecule has 0 spiro atoms. The Hall–Kier alpha value is -1.95. The summed E-state index contributed by atoms with van der Waals surface area (Å²) in [6.07, 6.45) is 3.65. The molecule has 1 unspecified atom stereocenters. The van der Waals surface area contributed by atoms with Crippen LogP contribution in [0.4, 0.5) is 0 Å². The normalized spacial score (nSPS) is 12.8. The van der Waals surface area contributed by atoms with Gasteiger partial charge in [0.05, 0.1) is 11.7 Å². The fourth-order valence-corrected chi connectivity index (χ4v) is 1.50. The van der Waals surface area contributed by atoms with Crippen LogP contribution in [0, 0.1) is 6.92 Å². The molecule has 0 aliphatic rings. The molecule has 0 bridgehead atoms. The number of aromatic nitrogens is 3. The molecule has 90 valence electrons. The smallest absolute Gasteiger partial charge is 0.234 e. The highest BCUT2D eigenvalue weighted by Gasteiger charge is 2.07. The Morgan fingerprint density at radius 3 is 3.12 bits per heavy atom. The molecule has 0 saturated heterocycles. The first kappa shape index (κ1) is 11.5. The van der Waals surface area contributed by atoms with Crippen molar-refractivity contribution in [1.29, 1.82) is 0 Å². The molecule has 6 heteroatoms. The number of primary amides is 1. The number of nitrogens with two attached hydrogens (primary N) is 1. The van der Waals surface area contributed by atoms with Gasteiger partial charge in [-0.1, -0.05) is 0 Å². The van der Waals surface area contributed by atoms with Gasteiger partial charge in [-0.2, -0.15) is 5.10 Å². The SMILES string of the molecule is Cc1cc2ncc(CNC(C)C(N)=O)cn2n1. The zero-order valence-electron chi connectivity index (χ0n) is 9.84. The molecular weight excluding hydrogens is 218 g/mol. The first-order chi connectivity index (χ1) is 8.06. The van der Waals surface area contributed by atoms with Crippen LogP contribution in [0.25, 0.3) is 5.65 Å². The van der Waals surface area contributed by atoms with Crippen LogP contribution >= 0.6 is 0 Å². The molecule has 2 aromatic rings. The van der Waals surface area contributed by atoms with Gasteiger partial charge < -0.3 is 11.1 Å². The highest BCUT2D eigenvalue weighted by atomic mass is 16.1. The van der Waals surface area contributed by atoms with Crippen LogP contribution in [0.2, 0.25) is 0 Å². The second-order valence-corrected chi connectivity index (χ2v) is 4.06. The number of rotatable bonds is 4. The molecular formula is C11H15N5O. The third-order valence-electron chi connectivity index (χ3n) is 2.53. The van der Waals surface area contributed by atoms with E-state index in [0.29, 0.717) is 6.54 Å². The van der Waals surface area contributed by atoms with Crippen LogP contribution in [0.5, 0.6) is 0 Å². The van der Waals surface area contributed by atoms with Gasteiger partial charge in [-0.3, -0.25) is 4.79 Å². The van der Waals surface area contributed by atoms with E-state index in [-0.39, 0.29) is 11.9 Å². The lowest BCUT2D eigenvalue weighted by Crippen LogP contribution is -2.38. The van der Waals surface area contributed by atoms with Crippen LogP contribution in [0.3, 0.4) is 0 Å². The molecule has 0 radical (unpaired) electrons. The lowest BCUT2D eigenvalue weighted by Gasteiger charge is -2.09. The minimum Gasteiger partial charge on any atom is -0.368 e. The van der Waals surface area contributed by atoms with Crippen LogP contribution in [-0.4, -0.2) is 26.5 Å². The fraction of sp³-hybridized carbons (Fsp3) is 0.364. The Bertz CT molecular complexity index is 548. The van der Waals surface area contributed by atoms with Gasteiger partial charge in [0, 0.05) is 30.6 Å². The monoisotopic (exact) mass is 233 g/mol. The van der Waals surface area contributed by atoms with Gasteiger partial charge in [0.1, 0.15) is 0 Å². The molecule has 2 aromatic heterocycles. The number of nitrogens with one attached hydrogen (secondary N) is 1. The summed E-state index contributed by atoms with van der Waals surface area (Å²) in [5.74, 6) is -0.367. The molecule has 0 aliphatic heterocycles. The van der Waals surface area contributed by atoms with E-state index in [0.717, 1.165) is 16.9 Å². The van der Waals surface area contributed by atoms with E-state index in [1.807, 2.05) is 19.2 Å². The lowest BCUT2D eigenvalue weighted by atomic mass is 10.3. The van der Waals surface area contributed by atoms with Crippen molar-refractivity contribution in [2.24, 2.45) is 5.73 Å². The van der Waals surface area contributed by atoms with Crippen molar-refractivity contribution in [2.75, 3.05) is 0 Å². The summed E-state index contributed by atoms with van der Waals surface area (Å²) in [5.41, 5.74) is 7.85. The summed E-state index contributed by atoms with van der Waals surface area (Å²) in [6.45, 7) is 4.18. The minimum absolute atomic E-state index is 0.356. The van der Waals surface area contributed by atoms with Gasteiger partial charge >= 0.3 is 0 Å². The van der Waals surface area contributed by atoms with Crippen molar-refractivity contribution in [1.82, 2.24) is 19.9 Å². The molecule has 2 heterocycles. The van der Waals surface area contributed by atoms with E-state index in [1.165, 1.54) is 0 Å². The molecule has 0 fully saturated rings. The Morgan fingerprint density at radius 1 is 1.65 bits per heavy atom. The van der Waals surface area contributed by atoms with Crippen molar-refractivity contribution in [3.8, 4) is 0 Å². The van der Waals surface area contributed by atoms with Crippen molar-refractivity contribution in [3.63, 3.8) is 0 Å². The fourth-order valence-electron chi connectivity index (χ4n) is 1.50. The van der Waals surface area contributed by atoms with Crippen LogP contribution in [0.1, 0.15) is 18.2 Å². The number of hydrogen-bond acceptors (Lipinski definition) is 4. The van der Waals surface area contributed by atoms with Gasteiger partial charge in [-0.25, -0.2) is 9.50 Å². The summed E-state index contributed by atoms with van der Waals surface area (Å²) < 4.78 is 1.72. The second-order valence-electron chi connectivity index (χ2n) is 4.06. The van der Waals surface area contributed by atoms with E-state index >= 15 is 0 Å². The average Bonchev–Trinajstić information content (AvgIpc) is 2.64. The summed E-state index contributed by atoms with van der Waals surface area (Å²) in [7, 11) is 0. The maximum absolute atomic E-state index is 10.9. The molecule has 0 saturated carbocycles. The number of carbonyl (C=O) groups is 1. The van der Waals surface area contributed by atoms with Crippen molar-refractivity contribution < 1.29 is 4.79 Å². The highest BCUT2D eigenvalue weighted by molar-refractivity contribution is 5.79. The van der Waals surface area contributed by atoms with Crippen molar-refractivity contribution in [3.05, 3.63) is 29.7 Å². The number of amides is 1. The van der Waals surface area contributed by atoms with Crippen LogP contribution in [0.15, 0.2) is 18.5 Å². The Morgan fingerprint density at radius 2 is 2.41 bits per heavy atom. The maximum atomic E-state index is 10.9. The maximum Gasteiger partial charge on any atom is 0.234 e. The van der Waals surface area contributed by atoms with E-state index < -0.39 is 0 Å². The molecule has 0 aromatic carbocycles. The summed E-state index contributed by atoms with van der Waals surface area (Å²) >= 11 is 0. The number of nitrogens with zero attached hydrogens (tertiary/aromatic N) is 3.